The number of thiophene rings is 1. The molecule has 1 aromatic carbocycles. The van der Waals surface area contributed by atoms with Gasteiger partial charge in [0.15, 0.2) is 0 Å². The summed E-state index contributed by atoms with van der Waals surface area (Å²) in [6.45, 7) is 5.77. The third-order valence-electron chi connectivity index (χ3n) is 2.54. The minimum Gasteiger partial charge on any atom is -0.491 e. The SMILES string of the molecule is CC(C)COc1ccccc1NCc1ccc(Cl)s1. The Kier molecular flexibility index (Phi) is 5.11. The Morgan fingerprint density at radius 3 is 2.68 bits per heavy atom. The molecule has 2 rings (SSSR count). The van der Waals surface area contributed by atoms with E-state index in [1.54, 1.807) is 11.3 Å². The van der Waals surface area contributed by atoms with Crippen LogP contribution in [0.15, 0.2) is 36.4 Å². The van der Waals surface area contributed by atoms with Crippen molar-refractivity contribution in [2.45, 2.75) is 20.4 Å². The van der Waals surface area contributed by atoms with Crippen molar-refractivity contribution in [3.63, 3.8) is 0 Å². The minimum atomic E-state index is 0.518. The van der Waals surface area contributed by atoms with Gasteiger partial charge in [0.1, 0.15) is 5.75 Å². The van der Waals surface area contributed by atoms with Crippen molar-refractivity contribution < 1.29 is 4.74 Å². The fourth-order valence-electron chi connectivity index (χ4n) is 1.62. The van der Waals surface area contributed by atoms with Crippen LogP contribution in [0.5, 0.6) is 5.75 Å². The van der Waals surface area contributed by atoms with E-state index in [0.29, 0.717) is 5.92 Å². The van der Waals surface area contributed by atoms with Crippen LogP contribution in [0, 0.1) is 5.92 Å². The fourth-order valence-corrected chi connectivity index (χ4v) is 2.65. The summed E-state index contributed by atoms with van der Waals surface area (Å²) in [5.41, 5.74) is 1.02. The van der Waals surface area contributed by atoms with Crippen LogP contribution in [0.3, 0.4) is 0 Å². The Morgan fingerprint density at radius 2 is 2.00 bits per heavy atom. The predicted octanol–water partition coefficient (Wildman–Crippen LogP) is 5.05. The third-order valence-corrected chi connectivity index (χ3v) is 3.77. The highest BCUT2D eigenvalue weighted by Gasteiger charge is 2.04. The van der Waals surface area contributed by atoms with Gasteiger partial charge in [0.2, 0.25) is 0 Å². The number of halogens is 1. The van der Waals surface area contributed by atoms with Crippen molar-refractivity contribution in [2.75, 3.05) is 11.9 Å². The van der Waals surface area contributed by atoms with Gasteiger partial charge >= 0.3 is 0 Å². The molecule has 0 aliphatic heterocycles. The molecule has 1 heterocycles. The molecule has 0 aliphatic rings. The Hall–Kier alpha value is -1.19. The van der Waals surface area contributed by atoms with Crippen molar-refractivity contribution in [3.05, 3.63) is 45.6 Å². The Bertz CT molecular complexity index is 524. The van der Waals surface area contributed by atoms with Gasteiger partial charge < -0.3 is 10.1 Å². The lowest BCUT2D eigenvalue weighted by molar-refractivity contribution is 0.272. The average Bonchev–Trinajstić information content (AvgIpc) is 2.80. The lowest BCUT2D eigenvalue weighted by Gasteiger charge is -2.14. The highest BCUT2D eigenvalue weighted by Crippen LogP contribution is 2.27. The van der Waals surface area contributed by atoms with Crippen LogP contribution >= 0.6 is 22.9 Å². The quantitative estimate of drug-likeness (QED) is 0.805. The van der Waals surface area contributed by atoms with Crippen molar-refractivity contribution in [2.24, 2.45) is 5.92 Å². The van der Waals surface area contributed by atoms with E-state index in [2.05, 4.69) is 19.2 Å². The molecule has 0 aliphatic carbocycles. The number of benzene rings is 1. The summed E-state index contributed by atoms with van der Waals surface area (Å²) in [6, 6.07) is 12.0. The standard InChI is InChI=1S/C15H18ClNOS/c1-11(2)10-18-14-6-4-3-5-13(14)17-9-12-7-8-15(16)19-12/h3-8,11,17H,9-10H2,1-2H3. The maximum Gasteiger partial charge on any atom is 0.142 e. The first-order valence-corrected chi connectivity index (χ1v) is 7.54. The van der Waals surface area contributed by atoms with Crippen LogP contribution in [0.1, 0.15) is 18.7 Å². The number of hydrogen-bond acceptors (Lipinski definition) is 3. The molecule has 4 heteroatoms. The molecule has 0 radical (unpaired) electrons. The van der Waals surface area contributed by atoms with Gasteiger partial charge in [-0.25, -0.2) is 0 Å². The molecule has 0 amide bonds. The van der Waals surface area contributed by atoms with E-state index in [4.69, 9.17) is 16.3 Å². The Balaban J connectivity index is 1.99. The molecular weight excluding hydrogens is 278 g/mol. The first-order valence-electron chi connectivity index (χ1n) is 6.35. The zero-order valence-corrected chi connectivity index (χ0v) is 12.7. The second-order valence-electron chi connectivity index (χ2n) is 4.76. The van der Waals surface area contributed by atoms with Crippen LogP contribution in [0.4, 0.5) is 5.69 Å². The van der Waals surface area contributed by atoms with E-state index in [0.717, 1.165) is 28.9 Å². The number of anilines is 1. The zero-order valence-electron chi connectivity index (χ0n) is 11.2. The Labute approximate surface area is 123 Å². The first kappa shape index (κ1) is 14.2. The largest absolute Gasteiger partial charge is 0.491 e. The molecule has 1 aromatic heterocycles. The molecule has 1 N–H and O–H groups in total. The predicted molar refractivity (Wildman–Crippen MR) is 83.4 cm³/mol. The number of rotatable bonds is 6. The van der Waals surface area contributed by atoms with Crippen molar-refractivity contribution in [1.82, 2.24) is 0 Å². The fraction of sp³-hybridized carbons (Fsp3) is 0.333. The normalized spacial score (nSPS) is 10.7. The van der Waals surface area contributed by atoms with E-state index in [9.17, 15) is 0 Å². The molecular formula is C15H18ClNOS. The van der Waals surface area contributed by atoms with E-state index in [1.165, 1.54) is 4.88 Å². The number of para-hydroxylation sites is 2. The summed E-state index contributed by atoms with van der Waals surface area (Å²) in [6.07, 6.45) is 0. The number of hydrogen-bond donors (Lipinski definition) is 1. The summed E-state index contributed by atoms with van der Waals surface area (Å²) in [5, 5.41) is 3.39. The second kappa shape index (κ2) is 6.83. The van der Waals surface area contributed by atoms with Crippen molar-refractivity contribution in [1.29, 1.82) is 0 Å². The van der Waals surface area contributed by atoms with Gasteiger partial charge in [0.25, 0.3) is 0 Å². The summed E-state index contributed by atoms with van der Waals surface area (Å²) in [5.74, 6) is 1.42. The van der Waals surface area contributed by atoms with Gasteiger partial charge in [-0.15, -0.1) is 11.3 Å². The number of nitrogens with one attached hydrogen (secondary N) is 1. The monoisotopic (exact) mass is 295 g/mol. The highest BCUT2D eigenvalue weighted by molar-refractivity contribution is 7.16. The van der Waals surface area contributed by atoms with Crippen molar-refractivity contribution >= 4 is 28.6 Å². The van der Waals surface area contributed by atoms with E-state index < -0.39 is 0 Å². The molecule has 2 nitrogen and oxygen atoms in total. The van der Waals surface area contributed by atoms with Crippen LogP contribution in [0.2, 0.25) is 4.34 Å². The molecule has 0 saturated heterocycles. The van der Waals surface area contributed by atoms with E-state index in [-0.39, 0.29) is 0 Å². The van der Waals surface area contributed by atoms with Crippen LogP contribution in [-0.4, -0.2) is 6.61 Å². The minimum absolute atomic E-state index is 0.518. The van der Waals surface area contributed by atoms with Crippen LogP contribution < -0.4 is 10.1 Å². The van der Waals surface area contributed by atoms with Crippen LogP contribution in [-0.2, 0) is 6.54 Å². The smallest absolute Gasteiger partial charge is 0.142 e. The topological polar surface area (TPSA) is 21.3 Å². The first-order chi connectivity index (χ1) is 9.15. The second-order valence-corrected chi connectivity index (χ2v) is 6.56. The molecule has 0 fully saturated rings. The number of ether oxygens (including phenoxy) is 1. The third kappa shape index (κ3) is 4.44. The highest BCUT2D eigenvalue weighted by atomic mass is 35.5. The van der Waals surface area contributed by atoms with E-state index >= 15 is 0 Å². The summed E-state index contributed by atoms with van der Waals surface area (Å²) >= 11 is 7.52. The van der Waals surface area contributed by atoms with Gasteiger partial charge in [0.05, 0.1) is 16.6 Å². The Morgan fingerprint density at radius 1 is 1.21 bits per heavy atom. The maximum absolute atomic E-state index is 5.92. The molecule has 0 atom stereocenters. The molecule has 2 aromatic rings. The molecule has 0 saturated carbocycles. The molecule has 0 unspecified atom stereocenters. The average molecular weight is 296 g/mol. The van der Waals surface area contributed by atoms with Gasteiger partial charge in [-0.1, -0.05) is 37.6 Å². The van der Waals surface area contributed by atoms with E-state index in [1.807, 2.05) is 36.4 Å². The van der Waals surface area contributed by atoms with Gasteiger partial charge in [-0.2, -0.15) is 0 Å². The lowest BCUT2D eigenvalue weighted by atomic mass is 10.2. The van der Waals surface area contributed by atoms with Gasteiger partial charge in [0, 0.05) is 11.4 Å². The summed E-state index contributed by atoms with van der Waals surface area (Å²) < 4.78 is 6.63. The summed E-state index contributed by atoms with van der Waals surface area (Å²) in [4.78, 5) is 1.21. The molecule has 0 bridgehead atoms. The molecule has 102 valence electrons. The lowest BCUT2D eigenvalue weighted by Crippen LogP contribution is -2.07. The van der Waals surface area contributed by atoms with Crippen molar-refractivity contribution in [3.8, 4) is 5.75 Å². The summed E-state index contributed by atoms with van der Waals surface area (Å²) in [7, 11) is 0. The van der Waals surface area contributed by atoms with Gasteiger partial charge in [-0.3, -0.25) is 0 Å². The maximum atomic E-state index is 5.92. The molecule has 0 spiro atoms. The molecule has 19 heavy (non-hydrogen) atoms. The zero-order chi connectivity index (χ0) is 13.7. The van der Waals surface area contributed by atoms with Gasteiger partial charge in [-0.05, 0) is 30.2 Å². The van der Waals surface area contributed by atoms with Crippen LogP contribution in [0.25, 0.3) is 0 Å².